The molecule has 0 unspecified atom stereocenters. The minimum absolute atomic E-state index is 0.0622. The highest BCUT2D eigenvalue weighted by Crippen LogP contribution is 2.38. The molecule has 0 amide bonds. The van der Waals surface area contributed by atoms with Gasteiger partial charge in [0, 0.05) is 44.3 Å². The fourth-order valence-corrected chi connectivity index (χ4v) is 7.14. The SMILES string of the molecule is OCCOc1cccc(-c2c3nc(c(-c4ccccc4)c4ccc([nH]4)c(-c4ccccc4)c4nc(c(-c5ccccc5)c5ccc2[nH]5)C=C4)C=C3)c1. The largest absolute Gasteiger partial charge is 0.491 e. The Labute approximate surface area is 301 Å². The number of hydrogen-bond donors (Lipinski definition) is 3. The summed E-state index contributed by atoms with van der Waals surface area (Å²) in [6, 6.07) is 47.7. The molecule has 3 N–H and O–H groups in total. The Bertz CT molecular complexity index is 2620. The monoisotopic (exact) mass is 674 g/mol. The van der Waals surface area contributed by atoms with Crippen molar-refractivity contribution in [3.63, 3.8) is 0 Å². The fourth-order valence-electron chi connectivity index (χ4n) is 7.14. The lowest BCUT2D eigenvalue weighted by molar-refractivity contribution is 0.201. The van der Waals surface area contributed by atoms with Gasteiger partial charge in [-0.05, 0) is 83.0 Å². The molecule has 6 heteroatoms. The van der Waals surface area contributed by atoms with Gasteiger partial charge in [-0.1, -0.05) is 103 Å². The van der Waals surface area contributed by atoms with E-state index in [2.05, 4.69) is 137 Å². The number of rotatable bonds is 7. The van der Waals surface area contributed by atoms with Crippen molar-refractivity contribution in [2.75, 3.05) is 13.2 Å². The second kappa shape index (κ2) is 13.5. The maximum Gasteiger partial charge on any atom is 0.120 e. The van der Waals surface area contributed by atoms with Gasteiger partial charge in [0.1, 0.15) is 12.4 Å². The molecule has 7 aromatic rings. The van der Waals surface area contributed by atoms with Gasteiger partial charge in [-0.25, -0.2) is 9.97 Å². The van der Waals surface area contributed by atoms with Crippen LogP contribution in [0.3, 0.4) is 0 Å². The third kappa shape index (κ3) is 5.81. The maximum atomic E-state index is 9.45. The zero-order valence-electron chi connectivity index (χ0n) is 28.3. The van der Waals surface area contributed by atoms with Gasteiger partial charge in [-0.15, -0.1) is 0 Å². The van der Waals surface area contributed by atoms with Gasteiger partial charge < -0.3 is 19.8 Å². The van der Waals surface area contributed by atoms with Crippen molar-refractivity contribution in [1.82, 2.24) is 19.9 Å². The molecule has 2 aliphatic rings. The average molecular weight is 675 g/mol. The van der Waals surface area contributed by atoms with Gasteiger partial charge in [0.05, 0.1) is 29.4 Å². The smallest absolute Gasteiger partial charge is 0.120 e. The van der Waals surface area contributed by atoms with Crippen LogP contribution in [0, 0.1) is 0 Å². The van der Waals surface area contributed by atoms with Gasteiger partial charge in [0.25, 0.3) is 0 Å². The van der Waals surface area contributed by atoms with Gasteiger partial charge in [-0.2, -0.15) is 0 Å². The van der Waals surface area contributed by atoms with E-state index in [1.807, 2.05) is 36.4 Å². The molecule has 52 heavy (non-hydrogen) atoms. The summed E-state index contributed by atoms with van der Waals surface area (Å²) in [5.41, 5.74) is 15.3. The predicted molar refractivity (Wildman–Crippen MR) is 213 cm³/mol. The van der Waals surface area contributed by atoms with Crippen LogP contribution in [0.4, 0.5) is 0 Å². The molecular weight excluding hydrogens is 641 g/mol. The van der Waals surface area contributed by atoms with Crippen molar-refractivity contribution in [1.29, 1.82) is 0 Å². The molecule has 6 nitrogen and oxygen atoms in total. The summed E-state index contributed by atoms with van der Waals surface area (Å²) in [6.45, 7) is 0.151. The van der Waals surface area contributed by atoms with Crippen molar-refractivity contribution in [3.05, 3.63) is 162 Å². The van der Waals surface area contributed by atoms with Crippen LogP contribution in [0.1, 0.15) is 22.8 Å². The molecule has 8 bridgehead atoms. The molecule has 0 fully saturated rings. The van der Waals surface area contributed by atoms with E-state index in [0.29, 0.717) is 5.75 Å². The molecule has 250 valence electrons. The highest BCUT2D eigenvalue weighted by atomic mass is 16.5. The van der Waals surface area contributed by atoms with E-state index in [0.717, 1.165) is 89.4 Å². The molecule has 0 saturated carbocycles. The Morgan fingerprint density at radius 1 is 0.423 bits per heavy atom. The summed E-state index contributed by atoms with van der Waals surface area (Å²) in [6.07, 6.45) is 8.41. The van der Waals surface area contributed by atoms with Crippen LogP contribution in [0.15, 0.2) is 140 Å². The first-order valence-electron chi connectivity index (χ1n) is 17.4. The number of nitrogens with one attached hydrogen (secondary N) is 2. The molecular formula is C46H34N4O2. The standard InChI is InChI=1S/C46H34N4O2/c51-27-28-52-34-18-10-17-33(29-34)46-41-25-23-39(49-41)44(31-13-6-2-7-14-31)37-21-19-35(47-37)43(30-11-4-1-5-12-30)36-20-22-38(48-36)45(32-15-8-3-9-16-32)40-24-26-42(46)50-40/h1-26,29,47,50-51H,27-28H2. The van der Waals surface area contributed by atoms with Crippen LogP contribution in [0.25, 0.3) is 90.9 Å². The van der Waals surface area contributed by atoms with E-state index in [1.54, 1.807) is 0 Å². The van der Waals surface area contributed by atoms with Crippen LogP contribution in [-0.2, 0) is 0 Å². The molecule has 0 spiro atoms. The van der Waals surface area contributed by atoms with Gasteiger partial charge in [-0.3, -0.25) is 0 Å². The second-order valence-electron chi connectivity index (χ2n) is 12.7. The third-order valence-corrected chi connectivity index (χ3v) is 9.42. The number of hydrogen-bond acceptors (Lipinski definition) is 4. The lowest BCUT2D eigenvalue weighted by Crippen LogP contribution is -2.01. The van der Waals surface area contributed by atoms with Gasteiger partial charge >= 0.3 is 0 Å². The quantitative estimate of drug-likeness (QED) is 0.157. The van der Waals surface area contributed by atoms with Crippen LogP contribution >= 0.6 is 0 Å². The predicted octanol–water partition coefficient (Wildman–Crippen LogP) is 10.7. The van der Waals surface area contributed by atoms with E-state index in [9.17, 15) is 5.11 Å². The summed E-state index contributed by atoms with van der Waals surface area (Å²) in [5, 5.41) is 9.45. The van der Waals surface area contributed by atoms with Crippen LogP contribution in [0.2, 0.25) is 0 Å². The Morgan fingerprint density at radius 2 is 0.788 bits per heavy atom. The second-order valence-corrected chi connectivity index (χ2v) is 12.7. The number of aliphatic hydroxyl groups is 1. The van der Waals surface area contributed by atoms with E-state index in [1.165, 1.54) is 0 Å². The Balaban J connectivity index is 1.45. The molecule has 5 heterocycles. The number of ether oxygens (including phenoxy) is 1. The van der Waals surface area contributed by atoms with E-state index >= 15 is 0 Å². The fraction of sp³-hybridized carbons (Fsp3) is 0.0435. The van der Waals surface area contributed by atoms with Gasteiger partial charge in [0.15, 0.2) is 0 Å². The average Bonchev–Trinajstić information content (AvgIpc) is 4.03. The summed E-state index contributed by atoms with van der Waals surface area (Å²) in [5.74, 6) is 0.677. The van der Waals surface area contributed by atoms with Crippen molar-refractivity contribution in [2.45, 2.75) is 0 Å². The molecule has 3 aromatic heterocycles. The first-order chi connectivity index (χ1) is 25.7. The van der Waals surface area contributed by atoms with Crippen molar-refractivity contribution >= 4 is 46.4 Å². The summed E-state index contributed by atoms with van der Waals surface area (Å²) < 4.78 is 5.86. The topological polar surface area (TPSA) is 86.8 Å². The molecule has 9 rings (SSSR count). The zero-order chi connectivity index (χ0) is 34.9. The van der Waals surface area contributed by atoms with E-state index in [-0.39, 0.29) is 13.2 Å². The number of aromatic nitrogens is 4. The molecule has 4 aromatic carbocycles. The maximum absolute atomic E-state index is 9.45. The first-order valence-corrected chi connectivity index (χ1v) is 17.4. The van der Waals surface area contributed by atoms with E-state index in [4.69, 9.17) is 14.7 Å². The lowest BCUT2D eigenvalue weighted by Gasteiger charge is -2.09. The number of benzene rings is 4. The molecule has 0 atom stereocenters. The van der Waals surface area contributed by atoms with Crippen molar-refractivity contribution in [3.8, 4) is 50.3 Å². The van der Waals surface area contributed by atoms with Crippen molar-refractivity contribution in [2.24, 2.45) is 0 Å². The first kappa shape index (κ1) is 31.2. The number of fused-ring (bicyclic) bond motifs is 8. The number of aliphatic hydroxyl groups excluding tert-OH is 1. The zero-order valence-corrected chi connectivity index (χ0v) is 28.3. The number of H-pyrrole nitrogens is 2. The highest BCUT2D eigenvalue weighted by Gasteiger charge is 2.19. The summed E-state index contributed by atoms with van der Waals surface area (Å²) >= 11 is 0. The lowest BCUT2D eigenvalue weighted by atomic mass is 10.0. The Morgan fingerprint density at radius 3 is 1.17 bits per heavy atom. The Hall–Kier alpha value is -6.76. The van der Waals surface area contributed by atoms with Crippen LogP contribution < -0.4 is 4.74 Å². The highest BCUT2D eigenvalue weighted by molar-refractivity contribution is 5.99. The summed E-state index contributed by atoms with van der Waals surface area (Å²) in [4.78, 5) is 18.3. The normalized spacial score (nSPS) is 11.9. The van der Waals surface area contributed by atoms with Gasteiger partial charge in [0.2, 0.25) is 0 Å². The van der Waals surface area contributed by atoms with E-state index < -0.39 is 0 Å². The summed E-state index contributed by atoms with van der Waals surface area (Å²) in [7, 11) is 0. The van der Waals surface area contributed by atoms with Crippen LogP contribution in [-0.4, -0.2) is 38.3 Å². The molecule has 2 aliphatic heterocycles. The van der Waals surface area contributed by atoms with Crippen molar-refractivity contribution < 1.29 is 9.84 Å². The third-order valence-electron chi connectivity index (χ3n) is 9.42. The Kier molecular flexibility index (Phi) is 8.12. The minimum atomic E-state index is -0.0622. The molecule has 0 radical (unpaired) electrons. The van der Waals surface area contributed by atoms with Crippen LogP contribution in [0.5, 0.6) is 5.75 Å². The molecule has 0 saturated heterocycles. The minimum Gasteiger partial charge on any atom is -0.491 e. The number of nitrogens with zero attached hydrogens (tertiary/aromatic N) is 2. The number of aromatic amines is 2. The molecule has 0 aliphatic carbocycles.